The third kappa shape index (κ3) is 4.21. The van der Waals surface area contributed by atoms with Crippen LogP contribution in [0.25, 0.3) is 16.6 Å². The fraction of sp³-hybridized carbons (Fsp3) is 0.308. The largest absolute Gasteiger partial charge is 1.00 e. The number of nitrogens with zero attached hydrogens (tertiary/aromatic N) is 4. The summed E-state index contributed by atoms with van der Waals surface area (Å²) in [6.45, 7) is 0. The molecule has 0 atom stereocenters. The molecule has 0 aromatic carbocycles. The first-order valence-corrected chi connectivity index (χ1v) is 5.76. The minimum absolute atomic E-state index is 0. The molecule has 0 saturated heterocycles. The lowest BCUT2D eigenvalue weighted by Gasteiger charge is -2.07. The van der Waals surface area contributed by atoms with E-state index in [1.807, 2.05) is 49.9 Å². The summed E-state index contributed by atoms with van der Waals surface area (Å²) < 4.78 is 2.01. The van der Waals surface area contributed by atoms with Crippen molar-refractivity contribution in [2.24, 2.45) is 0 Å². The summed E-state index contributed by atoms with van der Waals surface area (Å²) in [6.07, 6.45) is 7.57. The van der Waals surface area contributed by atoms with Crippen LogP contribution in [0.5, 0.6) is 0 Å². The zero-order valence-electron chi connectivity index (χ0n) is 12.0. The van der Waals surface area contributed by atoms with Gasteiger partial charge in [-0.05, 0) is 6.07 Å². The molecule has 1 N–H and O–H groups in total. The van der Waals surface area contributed by atoms with Gasteiger partial charge in [0.25, 0.3) is 0 Å². The van der Waals surface area contributed by atoms with E-state index in [4.69, 9.17) is 0 Å². The molecule has 0 radical (unpaired) electrons. The Balaban J connectivity index is 0.00000180. The predicted molar refractivity (Wildman–Crippen MR) is 81.0 cm³/mol. The number of aromatic amines is 1. The van der Waals surface area contributed by atoms with E-state index in [0.29, 0.717) is 0 Å². The van der Waals surface area contributed by atoms with Crippen molar-refractivity contribution in [3.8, 4) is 0 Å². The fourth-order valence-electron chi connectivity index (χ4n) is 1.81. The van der Waals surface area contributed by atoms with Crippen molar-refractivity contribution in [2.45, 2.75) is 0 Å². The monoisotopic (exact) mass is 315 g/mol. The van der Waals surface area contributed by atoms with Crippen molar-refractivity contribution in [2.75, 3.05) is 28.2 Å². The first kappa shape index (κ1) is 18.4. The lowest BCUT2D eigenvalue weighted by atomic mass is 10.1. The van der Waals surface area contributed by atoms with Crippen LogP contribution in [-0.4, -0.2) is 58.8 Å². The van der Waals surface area contributed by atoms with Crippen LogP contribution in [0, 0.1) is 0 Å². The summed E-state index contributed by atoms with van der Waals surface area (Å²) in [5, 5.41) is 1.03. The number of hydrogen-bond acceptors (Lipinski definition) is 3. The highest BCUT2D eigenvalue weighted by atomic mass is 35.5. The molecule has 2 rings (SSSR count). The van der Waals surface area contributed by atoms with Gasteiger partial charge in [0.2, 0.25) is 0 Å². The van der Waals surface area contributed by atoms with Gasteiger partial charge in [-0.25, -0.2) is 14.5 Å². The number of halogens is 2. The van der Waals surface area contributed by atoms with Crippen molar-refractivity contribution < 1.29 is 17.0 Å². The normalized spacial score (nSPS) is 10.5. The molecular formula is C13H19Cl2N5. The second-order valence-electron chi connectivity index (χ2n) is 4.60. The van der Waals surface area contributed by atoms with Crippen molar-refractivity contribution in [3.05, 3.63) is 30.5 Å². The quantitative estimate of drug-likeness (QED) is 0.561. The molecule has 2 aromatic heterocycles. The van der Waals surface area contributed by atoms with E-state index in [2.05, 4.69) is 27.4 Å². The van der Waals surface area contributed by atoms with Crippen LogP contribution in [0.2, 0.25) is 0 Å². The second kappa shape index (κ2) is 7.87. The number of H-pyrrole nitrogens is 1. The molecule has 2 aromatic rings. The highest BCUT2D eigenvalue weighted by Crippen LogP contribution is 2.19. The minimum atomic E-state index is 0. The third-order valence-electron chi connectivity index (χ3n) is 2.42. The Kier molecular flexibility index (Phi) is 7.24. The minimum Gasteiger partial charge on any atom is -1.00 e. The van der Waals surface area contributed by atoms with E-state index in [1.54, 1.807) is 6.33 Å². The number of fused-ring (bicyclic) bond motifs is 1. The van der Waals surface area contributed by atoms with Crippen LogP contribution in [0.1, 0.15) is 5.69 Å². The number of nitrogens with one attached hydrogen (secondary N) is 1. The molecule has 2 heterocycles. The summed E-state index contributed by atoms with van der Waals surface area (Å²) in [7, 11) is 8.00. The zero-order chi connectivity index (χ0) is 13.1. The van der Waals surface area contributed by atoms with Crippen LogP contribution in [0.4, 0.5) is 0 Å². The van der Waals surface area contributed by atoms with Crippen LogP contribution < -0.4 is 12.4 Å². The SMILES string of the molecule is CN(C)/C=C(\C=[N+](C)C)c1ncnc2[nH]ccc12.Cl.[Cl-]. The van der Waals surface area contributed by atoms with Gasteiger partial charge >= 0.3 is 0 Å². The highest BCUT2D eigenvalue weighted by Gasteiger charge is 2.11. The average molecular weight is 316 g/mol. The van der Waals surface area contributed by atoms with E-state index in [0.717, 1.165) is 22.3 Å². The van der Waals surface area contributed by atoms with Gasteiger partial charge in [0.05, 0.1) is 11.3 Å². The summed E-state index contributed by atoms with van der Waals surface area (Å²) in [5.41, 5.74) is 2.84. The van der Waals surface area contributed by atoms with Gasteiger partial charge in [-0.1, -0.05) is 0 Å². The maximum Gasteiger partial charge on any atom is 0.173 e. The van der Waals surface area contributed by atoms with Gasteiger partial charge in [-0.2, -0.15) is 0 Å². The van der Waals surface area contributed by atoms with Crippen LogP contribution >= 0.6 is 12.4 Å². The Hall–Kier alpha value is -1.59. The van der Waals surface area contributed by atoms with E-state index >= 15 is 0 Å². The van der Waals surface area contributed by atoms with E-state index < -0.39 is 0 Å². The molecule has 0 spiro atoms. The van der Waals surface area contributed by atoms with Crippen molar-refractivity contribution in [1.29, 1.82) is 0 Å². The molecular weight excluding hydrogens is 297 g/mol. The van der Waals surface area contributed by atoms with Crippen LogP contribution in [0.3, 0.4) is 0 Å². The molecule has 0 fully saturated rings. The van der Waals surface area contributed by atoms with E-state index in [-0.39, 0.29) is 24.8 Å². The van der Waals surface area contributed by atoms with Crippen molar-refractivity contribution in [1.82, 2.24) is 19.9 Å². The molecule has 0 aliphatic heterocycles. The molecule has 20 heavy (non-hydrogen) atoms. The van der Waals surface area contributed by atoms with Crippen LogP contribution in [-0.2, 0) is 0 Å². The molecule has 0 aliphatic rings. The molecule has 0 aliphatic carbocycles. The molecule has 0 amide bonds. The lowest BCUT2D eigenvalue weighted by Crippen LogP contribution is -3.00. The number of allylic oxidation sites excluding steroid dienone is 1. The topological polar surface area (TPSA) is 47.8 Å². The smallest absolute Gasteiger partial charge is 0.173 e. The maximum atomic E-state index is 4.40. The van der Waals surface area contributed by atoms with Crippen molar-refractivity contribution >= 4 is 35.2 Å². The summed E-state index contributed by atoms with van der Waals surface area (Å²) >= 11 is 0. The number of rotatable bonds is 3. The molecule has 0 unspecified atom stereocenters. The molecule has 0 bridgehead atoms. The number of aromatic nitrogens is 3. The maximum absolute atomic E-state index is 4.40. The van der Waals surface area contributed by atoms with Gasteiger partial charge in [0.1, 0.15) is 26.1 Å². The lowest BCUT2D eigenvalue weighted by molar-refractivity contribution is -0.458. The van der Waals surface area contributed by atoms with Crippen molar-refractivity contribution in [3.63, 3.8) is 0 Å². The Morgan fingerprint density at radius 3 is 2.60 bits per heavy atom. The second-order valence-corrected chi connectivity index (χ2v) is 4.60. The molecule has 0 saturated carbocycles. The highest BCUT2D eigenvalue weighted by molar-refractivity contribution is 6.11. The Morgan fingerprint density at radius 1 is 1.30 bits per heavy atom. The zero-order valence-corrected chi connectivity index (χ0v) is 13.5. The standard InChI is InChI=1S/C13H18N5.2ClH/c1-17(2)7-10(8-18(3)4)12-11-5-6-14-13(11)16-9-15-12;;/h5-9H,1-4H3,(H,14,15,16);2*1H/q+1;;/p-1. The molecule has 110 valence electrons. The summed E-state index contributed by atoms with van der Waals surface area (Å²) in [5.74, 6) is 0. The van der Waals surface area contributed by atoms with E-state index in [1.165, 1.54) is 0 Å². The third-order valence-corrected chi connectivity index (χ3v) is 2.42. The average Bonchev–Trinajstić information content (AvgIpc) is 2.74. The first-order chi connectivity index (χ1) is 8.58. The van der Waals surface area contributed by atoms with E-state index in [9.17, 15) is 0 Å². The van der Waals surface area contributed by atoms with Gasteiger partial charge in [-0.3, -0.25) is 0 Å². The first-order valence-electron chi connectivity index (χ1n) is 5.76. The Morgan fingerprint density at radius 2 is 2.00 bits per heavy atom. The van der Waals surface area contributed by atoms with Gasteiger partial charge in [0.15, 0.2) is 6.21 Å². The summed E-state index contributed by atoms with van der Waals surface area (Å²) in [4.78, 5) is 13.7. The number of hydrogen-bond donors (Lipinski definition) is 1. The van der Waals surface area contributed by atoms with Gasteiger partial charge in [-0.15, -0.1) is 12.4 Å². The molecule has 7 heteroatoms. The Bertz CT molecular complexity index is 612. The van der Waals surface area contributed by atoms with Gasteiger partial charge in [0, 0.05) is 31.9 Å². The Labute approximate surface area is 131 Å². The van der Waals surface area contributed by atoms with Gasteiger partial charge < -0.3 is 22.3 Å². The molecule has 5 nitrogen and oxygen atoms in total. The van der Waals surface area contributed by atoms with Crippen LogP contribution in [0.15, 0.2) is 24.8 Å². The summed E-state index contributed by atoms with van der Waals surface area (Å²) in [6, 6.07) is 2.00. The predicted octanol–water partition coefficient (Wildman–Crippen LogP) is -1.37. The fourth-order valence-corrected chi connectivity index (χ4v) is 1.81.